The van der Waals surface area contributed by atoms with Gasteiger partial charge in [0.15, 0.2) is 0 Å². The Morgan fingerprint density at radius 1 is 1.33 bits per heavy atom. The number of ether oxygens (including phenoxy) is 1. The predicted octanol–water partition coefficient (Wildman–Crippen LogP) is 0.406. The predicted molar refractivity (Wildman–Crippen MR) is 61.7 cm³/mol. The van der Waals surface area contributed by atoms with Crippen LogP contribution >= 0.6 is 0 Å². The lowest BCUT2D eigenvalue weighted by atomic mass is 10.4. The van der Waals surface area contributed by atoms with Crippen molar-refractivity contribution in [1.82, 2.24) is 20.7 Å². The molecular weight excluding hydrogens is 238 g/mol. The quantitative estimate of drug-likeness (QED) is 0.652. The van der Waals surface area contributed by atoms with Crippen molar-refractivity contribution in [1.29, 1.82) is 0 Å². The van der Waals surface area contributed by atoms with Crippen molar-refractivity contribution in [2.75, 3.05) is 25.6 Å². The van der Waals surface area contributed by atoms with Crippen LogP contribution in [0.15, 0.2) is 21.3 Å². The van der Waals surface area contributed by atoms with Gasteiger partial charge < -0.3 is 24.3 Å². The molecule has 8 heteroatoms. The van der Waals surface area contributed by atoms with Gasteiger partial charge in [0.2, 0.25) is 5.89 Å². The minimum atomic E-state index is 0.363. The minimum Gasteiger partial charge on any atom is -0.407 e. The first kappa shape index (κ1) is 12.5. The van der Waals surface area contributed by atoms with Gasteiger partial charge in [0, 0.05) is 19.7 Å². The highest BCUT2D eigenvalue weighted by molar-refractivity contribution is 5.18. The minimum absolute atomic E-state index is 0.363. The lowest BCUT2D eigenvalue weighted by Gasteiger charge is -1.99. The molecule has 0 aliphatic heterocycles. The fourth-order valence-corrected chi connectivity index (χ4v) is 1.26. The van der Waals surface area contributed by atoms with E-state index in [1.165, 1.54) is 6.26 Å². The summed E-state index contributed by atoms with van der Waals surface area (Å²) in [5.41, 5.74) is 0.771. The molecule has 2 heterocycles. The molecule has 0 amide bonds. The second kappa shape index (κ2) is 6.72. The van der Waals surface area contributed by atoms with E-state index in [1.807, 2.05) is 0 Å². The summed E-state index contributed by atoms with van der Waals surface area (Å²) >= 11 is 0. The molecule has 0 saturated carbocycles. The van der Waals surface area contributed by atoms with Crippen molar-refractivity contribution in [2.24, 2.45) is 0 Å². The van der Waals surface area contributed by atoms with Crippen LogP contribution in [0.5, 0.6) is 0 Å². The summed E-state index contributed by atoms with van der Waals surface area (Å²) in [6, 6.07) is 2.12. The fraction of sp³-hybridized carbons (Fsp3) is 0.500. The lowest BCUT2D eigenvalue weighted by Crippen LogP contribution is -2.18. The normalized spacial score (nSPS) is 10.7. The van der Waals surface area contributed by atoms with E-state index in [0.29, 0.717) is 31.6 Å². The van der Waals surface area contributed by atoms with Gasteiger partial charge in [-0.05, 0) is 0 Å². The highest BCUT2D eigenvalue weighted by Gasteiger charge is 2.05. The largest absolute Gasteiger partial charge is 0.407 e. The Balaban J connectivity index is 1.72. The molecule has 98 valence electrons. The molecular formula is C10H15N5O3. The van der Waals surface area contributed by atoms with Crippen LogP contribution in [0, 0.1) is 0 Å². The average molecular weight is 253 g/mol. The van der Waals surface area contributed by atoms with Gasteiger partial charge >= 0.3 is 6.01 Å². The third-order valence-electron chi connectivity index (χ3n) is 2.14. The molecule has 0 unspecified atom stereocenters. The van der Waals surface area contributed by atoms with Crippen molar-refractivity contribution in [3.05, 3.63) is 23.9 Å². The molecule has 0 saturated heterocycles. The zero-order chi connectivity index (χ0) is 12.6. The number of nitrogens with one attached hydrogen (secondary N) is 2. The van der Waals surface area contributed by atoms with Crippen LogP contribution in [0.25, 0.3) is 0 Å². The first-order valence-corrected chi connectivity index (χ1v) is 5.53. The van der Waals surface area contributed by atoms with E-state index in [9.17, 15) is 0 Å². The molecule has 0 atom stereocenters. The van der Waals surface area contributed by atoms with E-state index in [-0.39, 0.29) is 0 Å². The summed E-state index contributed by atoms with van der Waals surface area (Å²) in [7, 11) is 1.65. The molecule has 0 aliphatic rings. The molecule has 2 rings (SSSR count). The van der Waals surface area contributed by atoms with Crippen LogP contribution in [0.3, 0.4) is 0 Å². The van der Waals surface area contributed by atoms with Gasteiger partial charge in [0.05, 0.1) is 19.7 Å². The summed E-state index contributed by atoms with van der Waals surface area (Å²) in [5, 5.41) is 17.6. The van der Waals surface area contributed by atoms with Crippen LogP contribution in [-0.2, 0) is 17.8 Å². The molecule has 2 aromatic rings. The Labute approximate surface area is 104 Å². The molecule has 2 aromatic heterocycles. The zero-order valence-corrected chi connectivity index (χ0v) is 10.0. The Morgan fingerprint density at radius 3 is 3.06 bits per heavy atom. The number of methoxy groups -OCH3 is 1. The topological polar surface area (TPSA) is 98.2 Å². The van der Waals surface area contributed by atoms with Gasteiger partial charge in [-0.1, -0.05) is 10.3 Å². The average Bonchev–Trinajstić information content (AvgIpc) is 3.03. The monoisotopic (exact) mass is 253 g/mol. The maximum Gasteiger partial charge on any atom is 0.315 e. The van der Waals surface area contributed by atoms with Crippen molar-refractivity contribution in [3.8, 4) is 0 Å². The molecule has 0 spiro atoms. The molecule has 8 nitrogen and oxygen atoms in total. The highest BCUT2D eigenvalue weighted by atomic mass is 16.5. The molecule has 0 fully saturated rings. The summed E-state index contributed by atoms with van der Waals surface area (Å²) in [5.74, 6) is 0.522. The van der Waals surface area contributed by atoms with Gasteiger partial charge in [-0.3, -0.25) is 0 Å². The van der Waals surface area contributed by atoms with Crippen molar-refractivity contribution < 1.29 is 13.7 Å². The van der Waals surface area contributed by atoms with E-state index < -0.39 is 0 Å². The van der Waals surface area contributed by atoms with Crippen molar-refractivity contribution in [3.63, 3.8) is 0 Å². The number of hydrogen-bond donors (Lipinski definition) is 2. The van der Waals surface area contributed by atoms with E-state index >= 15 is 0 Å². The van der Waals surface area contributed by atoms with Crippen molar-refractivity contribution in [2.45, 2.75) is 13.1 Å². The van der Waals surface area contributed by atoms with E-state index in [1.54, 1.807) is 13.2 Å². The second-order valence-electron chi connectivity index (χ2n) is 3.51. The fourth-order valence-electron chi connectivity index (χ4n) is 1.26. The highest BCUT2D eigenvalue weighted by Crippen LogP contribution is 2.06. The van der Waals surface area contributed by atoms with Gasteiger partial charge in [-0.15, -0.1) is 5.10 Å². The number of aromatic nitrogens is 3. The number of rotatable bonds is 8. The Kier molecular flexibility index (Phi) is 4.68. The summed E-state index contributed by atoms with van der Waals surface area (Å²) in [6.45, 7) is 2.38. The molecule has 18 heavy (non-hydrogen) atoms. The smallest absolute Gasteiger partial charge is 0.315 e. The first-order valence-electron chi connectivity index (χ1n) is 5.53. The van der Waals surface area contributed by atoms with Crippen LogP contribution in [0.1, 0.15) is 11.6 Å². The van der Waals surface area contributed by atoms with Crippen LogP contribution in [-0.4, -0.2) is 35.6 Å². The van der Waals surface area contributed by atoms with Gasteiger partial charge in [0.1, 0.15) is 12.0 Å². The molecule has 2 N–H and O–H groups in total. The molecule has 0 radical (unpaired) electrons. The van der Waals surface area contributed by atoms with Crippen LogP contribution in [0.2, 0.25) is 0 Å². The molecule has 0 aliphatic carbocycles. The third kappa shape index (κ3) is 3.82. The molecule has 0 aromatic carbocycles. The Morgan fingerprint density at radius 2 is 2.28 bits per heavy atom. The standard InChI is InChI=1S/C10H15N5O3/c1-16-5-3-11-7-9-13-14-10(18-9)12-6-8-2-4-17-15-8/h2,4,11H,3,5-7H2,1H3,(H,12,14). The maximum absolute atomic E-state index is 5.37. The first-order chi connectivity index (χ1) is 8.88. The zero-order valence-electron chi connectivity index (χ0n) is 10.0. The number of hydrogen-bond acceptors (Lipinski definition) is 8. The lowest BCUT2D eigenvalue weighted by molar-refractivity contribution is 0.198. The number of nitrogens with zero attached hydrogens (tertiary/aromatic N) is 3. The Bertz CT molecular complexity index is 442. The molecule has 0 bridgehead atoms. The Hall–Kier alpha value is -1.93. The van der Waals surface area contributed by atoms with Crippen molar-refractivity contribution >= 4 is 6.01 Å². The second-order valence-corrected chi connectivity index (χ2v) is 3.51. The third-order valence-corrected chi connectivity index (χ3v) is 2.14. The SMILES string of the molecule is COCCNCc1nnc(NCc2ccon2)o1. The van der Waals surface area contributed by atoms with E-state index in [4.69, 9.17) is 13.7 Å². The van der Waals surface area contributed by atoms with Crippen LogP contribution in [0.4, 0.5) is 6.01 Å². The van der Waals surface area contributed by atoms with Gasteiger partial charge in [-0.2, -0.15) is 0 Å². The summed E-state index contributed by atoms with van der Waals surface area (Å²) < 4.78 is 15.0. The van der Waals surface area contributed by atoms with E-state index in [0.717, 1.165) is 12.2 Å². The number of anilines is 1. The van der Waals surface area contributed by atoms with E-state index in [2.05, 4.69) is 26.0 Å². The van der Waals surface area contributed by atoms with Gasteiger partial charge in [-0.25, -0.2) is 0 Å². The van der Waals surface area contributed by atoms with Crippen LogP contribution < -0.4 is 10.6 Å². The maximum atomic E-state index is 5.37. The summed E-state index contributed by atoms with van der Waals surface area (Å²) in [6.07, 6.45) is 1.51. The summed E-state index contributed by atoms with van der Waals surface area (Å²) in [4.78, 5) is 0. The van der Waals surface area contributed by atoms with Gasteiger partial charge in [0.25, 0.3) is 0 Å².